The van der Waals surface area contributed by atoms with E-state index in [1.807, 2.05) is 55.5 Å². The Morgan fingerprint density at radius 2 is 1.50 bits per heavy atom. The predicted molar refractivity (Wildman–Crippen MR) is 91.7 cm³/mol. The van der Waals surface area contributed by atoms with E-state index < -0.39 is 19.1 Å². The second kappa shape index (κ2) is 6.89. The third-order valence-corrected chi connectivity index (χ3v) is 3.85. The van der Waals surface area contributed by atoms with E-state index in [-0.39, 0.29) is 13.1 Å². The normalized spacial score (nSPS) is 16.2. The second-order valence-electron chi connectivity index (χ2n) is 5.94. The molecule has 2 aromatic carbocycles. The van der Waals surface area contributed by atoms with Crippen molar-refractivity contribution in [3.63, 3.8) is 0 Å². The summed E-state index contributed by atoms with van der Waals surface area (Å²) in [5, 5.41) is 0. The topological polar surface area (TPSA) is 55.8 Å². The van der Waals surface area contributed by atoms with Crippen molar-refractivity contribution in [2.45, 2.75) is 6.92 Å². The highest BCUT2D eigenvalue weighted by molar-refractivity contribution is 6.66. The van der Waals surface area contributed by atoms with E-state index in [0.717, 1.165) is 16.7 Å². The molecule has 2 aromatic rings. The molecule has 1 aliphatic rings. The minimum absolute atomic E-state index is 0.0539. The van der Waals surface area contributed by atoms with Gasteiger partial charge in [-0.25, -0.2) is 0 Å². The molecule has 0 amide bonds. The summed E-state index contributed by atoms with van der Waals surface area (Å²) in [7, 11) is 0.638. The lowest BCUT2D eigenvalue weighted by Gasteiger charge is -2.23. The summed E-state index contributed by atoms with van der Waals surface area (Å²) in [6.07, 6.45) is 0. The van der Waals surface area contributed by atoms with Gasteiger partial charge < -0.3 is 9.31 Å². The highest BCUT2D eigenvalue weighted by atomic mass is 16.6. The molecule has 0 atom stereocenters. The maximum absolute atomic E-state index is 12.0. The molecule has 0 radical (unpaired) electrons. The van der Waals surface area contributed by atoms with Gasteiger partial charge in [0.15, 0.2) is 0 Å². The van der Waals surface area contributed by atoms with Crippen LogP contribution in [0, 0.1) is 6.92 Å². The monoisotopic (exact) mass is 323 g/mol. The number of aryl methyl sites for hydroxylation is 1. The van der Waals surface area contributed by atoms with E-state index in [9.17, 15) is 9.59 Å². The number of benzene rings is 2. The van der Waals surface area contributed by atoms with Crippen LogP contribution in [0.4, 0.5) is 0 Å². The molecule has 0 N–H and O–H groups in total. The molecule has 1 fully saturated rings. The first-order chi connectivity index (χ1) is 11.5. The maximum atomic E-state index is 12.0. The predicted octanol–water partition coefficient (Wildman–Crippen LogP) is 1.39. The molecule has 0 spiro atoms. The van der Waals surface area contributed by atoms with Crippen LogP contribution in [0.3, 0.4) is 0 Å². The van der Waals surface area contributed by atoms with Crippen LogP contribution in [0.15, 0.2) is 48.5 Å². The number of hydrogen-bond acceptors (Lipinski definition) is 5. The lowest BCUT2D eigenvalue weighted by Crippen LogP contribution is -2.48. The van der Waals surface area contributed by atoms with Crippen molar-refractivity contribution in [3.8, 4) is 11.1 Å². The Morgan fingerprint density at radius 3 is 2.12 bits per heavy atom. The lowest BCUT2D eigenvalue weighted by atomic mass is 9.74. The number of hydrogen-bond donors (Lipinski definition) is 0. The van der Waals surface area contributed by atoms with Crippen LogP contribution in [0.25, 0.3) is 11.1 Å². The van der Waals surface area contributed by atoms with Crippen molar-refractivity contribution >= 4 is 24.5 Å². The first kappa shape index (κ1) is 16.3. The summed E-state index contributed by atoms with van der Waals surface area (Å²) in [6, 6.07) is 15.5. The number of likely N-dealkylation sites (N-methyl/N-ethyl adjacent to an activating group) is 1. The van der Waals surface area contributed by atoms with Crippen LogP contribution in [0.2, 0.25) is 0 Å². The molecule has 0 aromatic heterocycles. The summed E-state index contributed by atoms with van der Waals surface area (Å²) in [5.41, 5.74) is 3.66. The molecule has 0 saturated carbocycles. The smallest absolute Gasteiger partial charge is 0.494 e. The third kappa shape index (κ3) is 3.66. The van der Waals surface area contributed by atoms with Crippen LogP contribution >= 0.6 is 0 Å². The summed E-state index contributed by atoms with van der Waals surface area (Å²) in [4.78, 5) is 25.5. The van der Waals surface area contributed by atoms with Crippen molar-refractivity contribution in [1.29, 1.82) is 0 Å². The quantitative estimate of drug-likeness (QED) is 0.782. The van der Waals surface area contributed by atoms with Crippen LogP contribution in [0.5, 0.6) is 0 Å². The SMILES string of the molecule is Cc1ccc(-c2ccccc2B2OC(=O)CN(C)CC(=O)O2)cc1. The molecular weight excluding hydrogens is 305 g/mol. The average molecular weight is 323 g/mol. The fraction of sp³-hybridized carbons (Fsp3) is 0.222. The third-order valence-electron chi connectivity index (χ3n) is 3.85. The molecule has 6 heteroatoms. The molecule has 1 heterocycles. The van der Waals surface area contributed by atoms with E-state index in [2.05, 4.69) is 0 Å². The maximum Gasteiger partial charge on any atom is 0.637 e. The highest BCUT2D eigenvalue weighted by Gasteiger charge is 2.35. The second-order valence-corrected chi connectivity index (χ2v) is 5.94. The zero-order chi connectivity index (χ0) is 17.1. The van der Waals surface area contributed by atoms with E-state index in [4.69, 9.17) is 9.31 Å². The first-order valence-electron chi connectivity index (χ1n) is 7.76. The lowest BCUT2D eigenvalue weighted by molar-refractivity contribution is -0.145. The van der Waals surface area contributed by atoms with Crippen molar-refractivity contribution in [2.75, 3.05) is 20.1 Å². The van der Waals surface area contributed by atoms with E-state index in [1.165, 1.54) is 0 Å². The van der Waals surface area contributed by atoms with E-state index >= 15 is 0 Å². The minimum atomic E-state index is -1.03. The molecule has 3 rings (SSSR count). The van der Waals surface area contributed by atoms with Gasteiger partial charge >= 0.3 is 19.1 Å². The van der Waals surface area contributed by atoms with Gasteiger partial charge in [-0.2, -0.15) is 0 Å². The van der Waals surface area contributed by atoms with Gasteiger partial charge in [0.25, 0.3) is 0 Å². The van der Waals surface area contributed by atoms with Gasteiger partial charge in [0, 0.05) is 5.46 Å². The Labute approximate surface area is 141 Å². The van der Waals surface area contributed by atoms with E-state index in [0.29, 0.717) is 5.46 Å². The number of rotatable bonds is 2. The summed E-state index contributed by atoms with van der Waals surface area (Å²) in [6.45, 7) is 2.13. The standard InChI is InChI=1S/C18H18BNO4/c1-13-7-9-14(10-8-13)15-5-3-4-6-16(15)19-23-17(21)11-20(2)12-18(22)24-19/h3-10H,11-12H2,1-2H3. The molecular formula is C18H18BNO4. The fourth-order valence-electron chi connectivity index (χ4n) is 2.66. The van der Waals surface area contributed by atoms with E-state index in [1.54, 1.807) is 11.9 Å². The highest BCUT2D eigenvalue weighted by Crippen LogP contribution is 2.19. The van der Waals surface area contributed by atoms with Gasteiger partial charge in [0.1, 0.15) is 0 Å². The summed E-state index contributed by atoms with van der Waals surface area (Å²) >= 11 is 0. The summed E-state index contributed by atoms with van der Waals surface area (Å²) in [5.74, 6) is -0.845. The Hall–Kier alpha value is -2.60. The van der Waals surface area contributed by atoms with Gasteiger partial charge in [0.05, 0.1) is 13.1 Å². The van der Waals surface area contributed by atoms with Crippen LogP contribution in [-0.2, 0) is 18.9 Å². The molecule has 1 saturated heterocycles. The van der Waals surface area contributed by atoms with Gasteiger partial charge in [-0.05, 0) is 25.1 Å². The summed E-state index contributed by atoms with van der Waals surface area (Å²) < 4.78 is 10.8. The Kier molecular flexibility index (Phi) is 4.67. The van der Waals surface area contributed by atoms with Crippen LogP contribution in [0.1, 0.15) is 5.56 Å². The molecule has 5 nitrogen and oxygen atoms in total. The average Bonchev–Trinajstić information content (AvgIpc) is 2.53. The van der Waals surface area contributed by atoms with Crippen molar-refractivity contribution in [3.05, 3.63) is 54.1 Å². The van der Waals surface area contributed by atoms with Crippen LogP contribution < -0.4 is 5.46 Å². The van der Waals surface area contributed by atoms with Gasteiger partial charge in [-0.15, -0.1) is 0 Å². The first-order valence-corrected chi connectivity index (χ1v) is 7.76. The molecule has 24 heavy (non-hydrogen) atoms. The fourth-order valence-corrected chi connectivity index (χ4v) is 2.66. The largest absolute Gasteiger partial charge is 0.637 e. The molecule has 0 bridgehead atoms. The van der Waals surface area contributed by atoms with Gasteiger partial charge in [-0.3, -0.25) is 14.5 Å². The number of carbonyl (C=O) groups is 2. The van der Waals surface area contributed by atoms with Crippen molar-refractivity contribution in [1.82, 2.24) is 4.90 Å². The number of carbonyl (C=O) groups excluding carboxylic acids is 2. The minimum Gasteiger partial charge on any atom is -0.494 e. The van der Waals surface area contributed by atoms with Crippen molar-refractivity contribution in [2.24, 2.45) is 0 Å². The zero-order valence-electron chi connectivity index (χ0n) is 13.7. The van der Waals surface area contributed by atoms with Gasteiger partial charge in [0.2, 0.25) is 0 Å². The van der Waals surface area contributed by atoms with Gasteiger partial charge in [-0.1, -0.05) is 54.1 Å². The molecule has 0 unspecified atom stereocenters. The number of nitrogens with zero attached hydrogens (tertiary/aromatic N) is 1. The van der Waals surface area contributed by atoms with Crippen LogP contribution in [-0.4, -0.2) is 44.1 Å². The van der Waals surface area contributed by atoms with Crippen molar-refractivity contribution < 1.29 is 18.9 Å². The molecule has 122 valence electrons. The Morgan fingerprint density at radius 1 is 0.917 bits per heavy atom. The molecule has 1 aliphatic heterocycles. The zero-order valence-corrected chi connectivity index (χ0v) is 13.7. The molecule has 0 aliphatic carbocycles. The Bertz CT molecular complexity index is 740. The Balaban J connectivity index is 1.97.